The molecule has 1 saturated heterocycles. The van der Waals surface area contributed by atoms with Gasteiger partial charge in [0.25, 0.3) is 0 Å². The largest absolute Gasteiger partial charge is 0.314 e. The van der Waals surface area contributed by atoms with Crippen LogP contribution in [0.15, 0.2) is 12.4 Å². The number of nitrogens with zero attached hydrogens (tertiary/aromatic N) is 2. The van der Waals surface area contributed by atoms with Crippen LogP contribution in [0.5, 0.6) is 0 Å². The number of nitrogens with one attached hydrogen (secondary N) is 1. The van der Waals surface area contributed by atoms with Gasteiger partial charge in [0.1, 0.15) is 0 Å². The highest BCUT2D eigenvalue weighted by atomic mass is 15.3. The van der Waals surface area contributed by atoms with E-state index < -0.39 is 0 Å². The molecule has 2 atom stereocenters. The molecular weight excluding hydrogens is 186 g/mol. The maximum Gasteiger partial charge on any atom is 0.0525 e. The topological polar surface area (TPSA) is 29.9 Å². The molecule has 1 aliphatic rings. The molecule has 1 aromatic heterocycles. The molecule has 1 N–H and O–H groups in total. The molecule has 3 nitrogen and oxygen atoms in total. The maximum absolute atomic E-state index is 4.40. The predicted octanol–water partition coefficient (Wildman–Crippen LogP) is 2.32. The fourth-order valence-corrected chi connectivity index (χ4v) is 2.13. The first kappa shape index (κ1) is 10.7. The van der Waals surface area contributed by atoms with Crippen molar-refractivity contribution in [2.24, 2.45) is 0 Å². The van der Waals surface area contributed by atoms with Crippen LogP contribution >= 0.6 is 0 Å². The molecule has 84 valence electrons. The molecule has 0 radical (unpaired) electrons. The average molecular weight is 207 g/mol. The fourth-order valence-electron chi connectivity index (χ4n) is 2.13. The fraction of sp³-hybridized carbons (Fsp3) is 0.750. The quantitative estimate of drug-likeness (QED) is 0.806. The molecule has 0 bridgehead atoms. The minimum Gasteiger partial charge on any atom is -0.314 e. The molecule has 3 heteroatoms. The van der Waals surface area contributed by atoms with Crippen molar-refractivity contribution in [3.05, 3.63) is 18.0 Å². The van der Waals surface area contributed by atoms with E-state index in [4.69, 9.17) is 0 Å². The molecule has 0 amide bonds. The molecule has 1 aromatic rings. The molecule has 15 heavy (non-hydrogen) atoms. The third kappa shape index (κ3) is 2.40. The van der Waals surface area contributed by atoms with Gasteiger partial charge >= 0.3 is 0 Å². The van der Waals surface area contributed by atoms with E-state index in [2.05, 4.69) is 37.4 Å². The Morgan fingerprint density at radius 2 is 2.27 bits per heavy atom. The normalized spacial score (nSPS) is 27.2. The summed E-state index contributed by atoms with van der Waals surface area (Å²) in [6.07, 6.45) is 6.80. The van der Waals surface area contributed by atoms with E-state index in [1.54, 1.807) is 0 Å². The zero-order valence-corrected chi connectivity index (χ0v) is 9.90. The van der Waals surface area contributed by atoms with Gasteiger partial charge < -0.3 is 5.32 Å². The van der Waals surface area contributed by atoms with Crippen LogP contribution < -0.4 is 5.32 Å². The van der Waals surface area contributed by atoms with Crippen LogP contribution in [0.25, 0.3) is 0 Å². The van der Waals surface area contributed by atoms with Crippen molar-refractivity contribution in [3.63, 3.8) is 0 Å². The van der Waals surface area contributed by atoms with Crippen molar-refractivity contribution in [1.29, 1.82) is 0 Å². The second-order valence-corrected chi connectivity index (χ2v) is 4.93. The van der Waals surface area contributed by atoms with E-state index in [1.807, 2.05) is 10.9 Å². The maximum atomic E-state index is 4.40. The van der Waals surface area contributed by atoms with E-state index in [0.717, 1.165) is 6.54 Å². The summed E-state index contributed by atoms with van der Waals surface area (Å²) in [6, 6.07) is 1.15. The molecule has 0 aliphatic carbocycles. The highest BCUT2D eigenvalue weighted by molar-refractivity contribution is 5.13. The number of rotatable bonds is 2. The van der Waals surface area contributed by atoms with Crippen molar-refractivity contribution < 1.29 is 0 Å². The minimum atomic E-state index is 0.467. The van der Waals surface area contributed by atoms with Crippen molar-refractivity contribution in [2.45, 2.75) is 51.6 Å². The van der Waals surface area contributed by atoms with Gasteiger partial charge in [-0.1, -0.05) is 0 Å². The van der Waals surface area contributed by atoms with Crippen LogP contribution in [0.3, 0.4) is 0 Å². The summed E-state index contributed by atoms with van der Waals surface area (Å²) < 4.78 is 2.05. The van der Waals surface area contributed by atoms with Gasteiger partial charge in [0.15, 0.2) is 0 Å². The Hall–Kier alpha value is -0.830. The van der Waals surface area contributed by atoms with Gasteiger partial charge in [-0.05, 0) is 45.1 Å². The summed E-state index contributed by atoms with van der Waals surface area (Å²) >= 11 is 0. The van der Waals surface area contributed by atoms with E-state index in [0.29, 0.717) is 18.0 Å². The average Bonchev–Trinajstić information content (AvgIpc) is 2.68. The van der Waals surface area contributed by atoms with Crippen LogP contribution in [0, 0.1) is 0 Å². The number of hydrogen-bond acceptors (Lipinski definition) is 2. The molecule has 2 heterocycles. The summed E-state index contributed by atoms with van der Waals surface area (Å²) in [5.74, 6) is 0.661. The van der Waals surface area contributed by atoms with Crippen LogP contribution in [-0.2, 0) is 0 Å². The van der Waals surface area contributed by atoms with Crippen molar-refractivity contribution >= 4 is 0 Å². The SMILES string of the molecule is CC1CCC(c2cnn(C(C)C)c2)CN1. The van der Waals surface area contributed by atoms with Gasteiger partial charge in [-0.15, -0.1) is 0 Å². The van der Waals surface area contributed by atoms with Crippen LogP contribution in [-0.4, -0.2) is 22.4 Å². The van der Waals surface area contributed by atoms with Crippen molar-refractivity contribution in [1.82, 2.24) is 15.1 Å². The molecule has 0 saturated carbocycles. The Morgan fingerprint density at radius 1 is 1.47 bits per heavy atom. The van der Waals surface area contributed by atoms with Gasteiger partial charge in [0, 0.05) is 24.8 Å². The number of hydrogen-bond donors (Lipinski definition) is 1. The summed E-state index contributed by atoms with van der Waals surface area (Å²) in [6.45, 7) is 7.69. The predicted molar refractivity (Wildman–Crippen MR) is 62.1 cm³/mol. The lowest BCUT2D eigenvalue weighted by molar-refractivity contribution is 0.384. The summed E-state index contributed by atoms with van der Waals surface area (Å²) in [5.41, 5.74) is 1.39. The van der Waals surface area contributed by atoms with Gasteiger partial charge in [-0.2, -0.15) is 5.10 Å². The molecule has 2 unspecified atom stereocenters. The van der Waals surface area contributed by atoms with Gasteiger partial charge in [-0.25, -0.2) is 0 Å². The lowest BCUT2D eigenvalue weighted by atomic mass is 9.91. The van der Waals surface area contributed by atoms with Crippen LogP contribution in [0.2, 0.25) is 0 Å². The van der Waals surface area contributed by atoms with Gasteiger partial charge in [-0.3, -0.25) is 4.68 Å². The zero-order chi connectivity index (χ0) is 10.8. The first-order chi connectivity index (χ1) is 7.16. The first-order valence-electron chi connectivity index (χ1n) is 5.94. The lowest BCUT2D eigenvalue weighted by Crippen LogP contribution is -2.35. The number of aromatic nitrogens is 2. The number of piperidine rings is 1. The van der Waals surface area contributed by atoms with E-state index in [9.17, 15) is 0 Å². The van der Waals surface area contributed by atoms with Crippen molar-refractivity contribution in [3.8, 4) is 0 Å². The second-order valence-electron chi connectivity index (χ2n) is 4.93. The molecule has 1 fully saturated rings. The molecular formula is C12H21N3. The summed E-state index contributed by atoms with van der Waals surface area (Å²) in [4.78, 5) is 0. The third-order valence-electron chi connectivity index (χ3n) is 3.28. The standard InChI is InChI=1S/C12H21N3/c1-9(2)15-8-12(7-14-15)11-5-4-10(3)13-6-11/h7-11,13H,4-6H2,1-3H3. The Kier molecular flexibility index (Phi) is 3.10. The van der Waals surface area contributed by atoms with Gasteiger partial charge in [0.2, 0.25) is 0 Å². The van der Waals surface area contributed by atoms with Gasteiger partial charge in [0.05, 0.1) is 6.20 Å². The monoisotopic (exact) mass is 207 g/mol. The van der Waals surface area contributed by atoms with E-state index in [-0.39, 0.29) is 0 Å². The zero-order valence-electron chi connectivity index (χ0n) is 9.90. The summed E-state index contributed by atoms with van der Waals surface area (Å²) in [5, 5.41) is 7.93. The van der Waals surface area contributed by atoms with E-state index in [1.165, 1.54) is 18.4 Å². The minimum absolute atomic E-state index is 0.467. The van der Waals surface area contributed by atoms with Crippen LogP contribution in [0.1, 0.15) is 51.1 Å². The van der Waals surface area contributed by atoms with Crippen molar-refractivity contribution in [2.75, 3.05) is 6.54 Å². The summed E-state index contributed by atoms with van der Waals surface area (Å²) in [7, 11) is 0. The molecule has 0 spiro atoms. The lowest BCUT2D eigenvalue weighted by Gasteiger charge is -2.26. The van der Waals surface area contributed by atoms with E-state index >= 15 is 0 Å². The Labute approximate surface area is 91.9 Å². The first-order valence-corrected chi connectivity index (χ1v) is 5.94. The molecule has 0 aromatic carbocycles. The highest BCUT2D eigenvalue weighted by Gasteiger charge is 2.20. The molecule has 2 rings (SSSR count). The Balaban J connectivity index is 2.03. The smallest absolute Gasteiger partial charge is 0.0525 e. The second kappa shape index (κ2) is 4.35. The third-order valence-corrected chi connectivity index (χ3v) is 3.28. The Bertz CT molecular complexity index is 308. The molecule has 1 aliphatic heterocycles. The van der Waals surface area contributed by atoms with Crippen LogP contribution in [0.4, 0.5) is 0 Å². The Morgan fingerprint density at radius 3 is 2.80 bits per heavy atom. The highest BCUT2D eigenvalue weighted by Crippen LogP contribution is 2.25.